The highest BCUT2D eigenvalue weighted by Crippen LogP contribution is 2.21. The summed E-state index contributed by atoms with van der Waals surface area (Å²) in [5.74, 6) is 0.746. The van der Waals surface area contributed by atoms with E-state index in [0.717, 1.165) is 35.5 Å². The van der Waals surface area contributed by atoms with E-state index < -0.39 is 0 Å². The molecule has 0 bridgehead atoms. The zero-order valence-electron chi connectivity index (χ0n) is 18.6. The van der Waals surface area contributed by atoms with Gasteiger partial charge in [-0.25, -0.2) is 9.97 Å². The van der Waals surface area contributed by atoms with Crippen LogP contribution in [0.4, 0.5) is 0 Å². The Morgan fingerprint density at radius 2 is 1.20 bits per heavy atom. The van der Waals surface area contributed by atoms with Gasteiger partial charge in [0.15, 0.2) is 5.82 Å². The molecule has 3 nitrogen and oxygen atoms in total. The van der Waals surface area contributed by atoms with Crippen LogP contribution in [0, 0.1) is 0 Å². The van der Waals surface area contributed by atoms with E-state index in [4.69, 9.17) is 0 Å². The Hall–Kier alpha value is -2.55. The van der Waals surface area contributed by atoms with Crippen molar-refractivity contribution in [1.29, 1.82) is 0 Å². The molecule has 0 fully saturated rings. The number of pyridine rings is 1. The van der Waals surface area contributed by atoms with Crippen LogP contribution in [0.25, 0.3) is 22.6 Å². The summed E-state index contributed by atoms with van der Waals surface area (Å²) in [5, 5.41) is 0. The maximum Gasteiger partial charge on any atom is 0.160 e. The smallest absolute Gasteiger partial charge is 0.160 e. The van der Waals surface area contributed by atoms with Gasteiger partial charge in [-0.05, 0) is 42.5 Å². The molecule has 3 heteroatoms. The number of aromatic nitrogens is 3. The molecule has 158 valence electrons. The second-order valence-electron chi connectivity index (χ2n) is 8.17. The molecule has 0 aliphatic heterocycles. The molecule has 0 N–H and O–H groups in total. The molecule has 2 aromatic heterocycles. The van der Waals surface area contributed by atoms with Gasteiger partial charge in [0.05, 0.1) is 5.69 Å². The van der Waals surface area contributed by atoms with E-state index in [-0.39, 0.29) is 0 Å². The van der Waals surface area contributed by atoms with Crippen molar-refractivity contribution in [1.82, 2.24) is 15.0 Å². The molecule has 0 aliphatic rings. The van der Waals surface area contributed by atoms with E-state index in [9.17, 15) is 0 Å². The third kappa shape index (κ3) is 6.76. The number of hydrogen-bond acceptors (Lipinski definition) is 3. The van der Waals surface area contributed by atoms with Gasteiger partial charge in [-0.3, -0.25) is 4.98 Å². The lowest BCUT2D eigenvalue weighted by Crippen LogP contribution is -1.94. The molecule has 30 heavy (non-hydrogen) atoms. The van der Waals surface area contributed by atoms with Crippen molar-refractivity contribution in [3.8, 4) is 22.6 Å². The van der Waals surface area contributed by atoms with Crippen molar-refractivity contribution in [3.63, 3.8) is 0 Å². The minimum absolute atomic E-state index is 0.746. The predicted molar refractivity (Wildman–Crippen MR) is 126 cm³/mol. The molecule has 3 aromatic rings. The molecule has 0 spiro atoms. The third-order valence-electron chi connectivity index (χ3n) is 5.58. The zero-order chi connectivity index (χ0) is 21.0. The Bertz CT molecular complexity index is 852. The number of nitrogens with zero attached hydrogens (tertiary/aromatic N) is 3. The number of aryl methyl sites for hydroxylation is 2. The SMILES string of the molecule is CCCCCCCCCc1cnc(-c2ccc(-c3ccc(CCC)cc3)nc2)nc1. The van der Waals surface area contributed by atoms with Gasteiger partial charge < -0.3 is 0 Å². The second-order valence-corrected chi connectivity index (χ2v) is 8.17. The first kappa shape index (κ1) is 22.1. The molecule has 0 amide bonds. The van der Waals surface area contributed by atoms with Crippen LogP contribution in [-0.2, 0) is 12.8 Å². The Balaban J connectivity index is 1.51. The molecule has 2 heterocycles. The summed E-state index contributed by atoms with van der Waals surface area (Å²) in [6.07, 6.45) is 18.5. The Kier molecular flexibility index (Phi) is 9.02. The van der Waals surface area contributed by atoms with Crippen molar-refractivity contribution in [2.45, 2.75) is 78.1 Å². The zero-order valence-corrected chi connectivity index (χ0v) is 18.6. The van der Waals surface area contributed by atoms with Crippen LogP contribution in [-0.4, -0.2) is 15.0 Å². The lowest BCUT2D eigenvalue weighted by molar-refractivity contribution is 0.589. The number of unbranched alkanes of at least 4 members (excludes halogenated alkanes) is 6. The minimum Gasteiger partial charge on any atom is -0.255 e. The van der Waals surface area contributed by atoms with Gasteiger partial charge in [0.2, 0.25) is 0 Å². The van der Waals surface area contributed by atoms with Gasteiger partial charge in [-0.2, -0.15) is 0 Å². The predicted octanol–water partition coefficient (Wildman–Crippen LogP) is 7.45. The number of hydrogen-bond donors (Lipinski definition) is 0. The fourth-order valence-corrected chi connectivity index (χ4v) is 3.75. The van der Waals surface area contributed by atoms with Gasteiger partial charge >= 0.3 is 0 Å². The van der Waals surface area contributed by atoms with Gasteiger partial charge in [-0.15, -0.1) is 0 Å². The summed E-state index contributed by atoms with van der Waals surface area (Å²) < 4.78 is 0. The van der Waals surface area contributed by atoms with Crippen molar-refractivity contribution in [2.24, 2.45) is 0 Å². The van der Waals surface area contributed by atoms with Crippen molar-refractivity contribution >= 4 is 0 Å². The average molecular weight is 402 g/mol. The summed E-state index contributed by atoms with van der Waals surface area (Å²) in [5.41, 5.74) is 5.69. The van der Waals surface area contributed by atoms with Crippen LogP contribution in [0.2, 0.25) is 0 Å². The summed E-state index contributed by atoms with van der Waals surface area (Å²) in [6.45, 7) is 4.47. The van der Waals surface area contributed by atoms with E-state index in [1.807, 2.05) is 18.6 Å². The first-order valence-electron chi connectivity index (χ1n) is 11.7. The van der Waals surface area contributed by atoms with Crippen LogP contribution in [0.3, 0.4) is 0 Å². The Morgan fingerprint density at radius 3 is 1.83 bits per heavy atom. The van der Waals surface area contributed by atoms with E-state index in [2.05, 4.69) is 65.2 Å². The molecule has 0 saturated carbocycles. The largest absolute Gasteiger partial charge is 0.255 e. The summed E-state index contributed by atoms with van der Waals surface area (Å²) >= 11 is 0. The van der Waals surface area contributed by atoms with E-state index in [0.29, 0.717) is 0 Å². The average Bonchev–Trinajstić information content (AvgIpc) is 2.80. The first-order valence-corrected chi connectivity index (χ1v) is 11.7. The Labute approximate surface area is 182 Å². The van der Waals surface area contributed by atoms with Crippen LogP contribution in [0.15, 0.2) is 55.0 Å². The first-order chi connectivity index (χ1) is 14.8. The summed E-state index contributed by atoms with van der Waals surface area (Å²) in [6, 6.07) is 12.8. The molecule has 0 aliphatic carbocycles. The lowest BCUT2D eigenvalue weighted by atomic mass is 10.1. The fraction of sp³-hybridized carbons (Fsp3) is 0.444. The fourth-order valence-electron chi connectivity index (χ4n) is 3.75. The molecule has 1 aromatic carbocycles. The van der Waals surface area contributed by atoms with Crippen LogP contribution >= 0.6 is 0 Å². The Morgan fingerprint density at radius 1 is 0.533 bits per heavy atom. The van der Waals surface area contributed by atoms with Gasteiger partial charge in [0, 0.05) is 29.7 Å². The molecular weight excluding hydrogens is 366 g/mol. The van der Waals surface area contributed by atoms with Crippen LogP contribution < -0.4 is 0 Å². The number of rotatable bonds is 12. The molecule has 0 atom stereocenters. The van der Waals surface area contributed by atoms with E-state index in [1.165, 1.54) is 62.5 Å². The summed E-state index contributed by atoms with van der Waals surface area (Å²) in [7, 11) is 0. The molecule has 3 rings (SSSR count). The normalized spacial score (nSPS) is 11.0. The van der Waals surface area contributed by atoms with E-state index >= 15 is 0 Å². The van der Waals surface area contributed by atoms with Gasteiger partial charge in [-0.1, -0.05) is 83.1 Å². The maximum absolute atomic E-state index is 4.63. The summed E-state index contributed by atoms with van der Waals surface area (Å²) in [4.78, 5) is 13.8. The topological polar surface area (TPSA) is 38.7 Å². The third-order valence-corrected chi connectivity index (χ3v) is 5.58. The quantitative estimate of drug-likeness (QED) is 0.296. The molecule has 0 saturated heterocycles. The highest BCUT2D eigenvalue weighted by Gasteiger charge is 2.05. The highest BCUT2D eigenvalue weighted by atomic mass is 14.9. The van der Waals surface area contributed by atoms with Gasteiger partial charge in [0.1, 0.15) is 0 Å². The minimum atomic E-state index is 0.746. The maximum atomic E-state index is 4.63. The molecule has 0 radical (unpaired) electrons. The number of benzene rings is 1. The second kappa shape index (κ2) is 12.2. The standard InChI is InChI=1S/C27H35N3/c1-3-5-6-7-8-9-10-12-23-19-29-27(30-20-23)25-17-18-26(28-21-25)24-15-13-22(11-4-2)14-16-24/h13-21H,3-12H2,1-2H3. The van der Waals surface area contributed by atoms with Crippen molar-refractivity contribution in [3.05, 3.63) is 66.1 Å². The molecule has 0 unspecified atom stereocenters. The molecular formula is C27H35N3. The van der Waals surface area contributed by atoms with E-state index in [1.54, 1.807) is 0 Å². The van der Waals surface area contributed by atoms with Crippen LogP contribution in [0.5, 0.6) is 0 Å². The van der Waals surface area contributed by atoms with Crippen molar-refractivity contribution < 1.29 is 0 Å². The lowest BCUT2D eigenvalue weighted by Gasteiger charge is -2.06. The highest BCUT2D eigenvalue weighted by molar-refractivity contribution is 5.63. The van der Waals surface area contributed by atoms with Crippen molar-refractivity contribution in [2.75, 3.05) is 0 Å². The van der Waals surface area contributed by atoms with Gasteiger partial charge in [0.25, 0.3) is 0 Å². The van der Waals surface area contributed by atoms with Crippen LogP contribution in [0.1, 0.15) is 76.3 Å². The monoisotopic (exact) mass is 401 g/mol.